The predicted molar refractivity (Wildman–Crippen MR) is 63.2 cm³/mol. The molecule has 0 unspecified atom stereocenters. The first-order valence-electron chi connectivity index (χ1n) is 6.53. The van der Waals surface area contributed by atoms with Crippen molar-refractivity contribution >= 4 is 11.9 Å². The smallest absolute Gasteiger partial charge is 0.309 e. The van der Waals surface area contributed by atoms with Gasteiger partial charge in [0.2, 0.25) is 5.91 Å². The van der Waals surface area contributed by atoms with E-state index < -0.39 is 0 Å². The quantitative estimate of drug-likeness (QED) is 0.759. The lowest BCUT2D eigenvalue weighted by Crippen LogP contribution is -2.36. The molecule has 0 aromatic rings. The van der Waals surface area contributed by atoms with E-state index in [0.717, 1.165) is 19.3 Å². The van der Waals surface area contributed by atoms with Crippen molar-refractivity contribution in [3.8, 4) is 0 Å². The Morgan fingerprint density at radius 3 is 2.53 bits per heavy atom. The Hall–Kier alpha value is -1.06. The second kappa shape index (κ2) is 4.67. The molecule has 0 radical (unpaired) electrons. The van der Waals surface area contributed by atoms with Gasteiger partial charge in [-0.1, -0.05) is 20.8 Å². The lowest BCUT2D eigenvalue weighted by molar-refractivity contribution is -0.145. The van der Waals surface area contributed by atoms with E-state index in [0.29, 0.717) is 5.92 Å². The molecule has 0 bridgehead atoms. The van der Waals surface area contributed by atoms with Gasteiger partial charge in [-0.2, -0.15) is 0 Å². The minimum Gasteiger partial charge on any atom is -0.460 e. The summed E-state index contributed by atoms with van der Waals surface area (Å²) in [5.41, 5.74) is 0. The van der Waals surface area contributed by atoms with Gasteiger partial charge >= 0.3 is 5.97 Å². The number of carbonyl (C=O) groups excluding carboxylic acids is 2. The van der Waals surface area contributed by atoms with Crippen molar-refractivity contribution in [3.05, 3.63) is 0 Å². The fourth-order valence-corrected chi connectivity index (χ4v) is 2.80. The Labute approximate surface area is 102 Å². The van der Waals surface area contributed by atoms with Gasteiger partial charge in [-0.05, 0) is 25.2 Å². The van der Waals surface area contributed by atoms with Crippen LogP contribution in [0.25, 0.3) is 0 Å². The zero-order chi connectivity index (χ0) is 12.6. The fraction of sp³-hybridized carbons (Fsp3) is 0.846. The molecule has 4 atom stereocenters. The number of hydrogen-bond acceptors (Lipinski definition) is 3. The van der Waals surface area contributed by atoms with Crippen molar-refractivity contribution in [1.82, 2.24) is 5.32 Å². The molecule has 17 heavy (non-hydrogen) atoms. The van der Waals surface area contributed by atoms with Crippen LogP contribution in [0.15, 0.2) is 0 Å². The van der Waals surface area contributed by atoms with Crippen molar-refractivity contribution < 1.29 is 14.3 Å². The van der Waals surface area contributed by atoms with Crippen LogP contribution in [-0.4, -0.2) is 24.0 Å². The van der Waals surface area contributed by atoms with Gasteiger partial charge < -0.3 is 10.1 Å². The van der Waals surface area contributed by atoms with Gasteiger partial charge in [0.25, 0.3) is 0 Å². The lowest BCUT2D eigenvalue weighted by atomic mass is 9.90. The number of carbonyl (C=O) groups is 2. The SMILES string of the molecule is CC[C@@H]1C[C@@H]([C@@H]2C[C@@H](C(C)C)C(=O)N2)OC1=O. The third-order valence-corrected chi connectivity index (χ3v) is 4.04. The first-order chi connectivity index (χ1) is 8.02. The zero-order valence-corrected chi connectivity index (χ0v) is 10.7. The first kappa shape index (κ1) is 12.4. The van der Waals surface area contributed by atoms with E-state index in [9.17, 15) is 9.59 Å². The molecular weight excluding hydrogens is 218 g/mol. The highest BCUT2D eigenvalue weighted by atomic mass is 16.6. The molecule has 4 nitrogen and oxygen atoms in total. The van der Waals surface area contributed by atoms with E-state index >= 15 is 0 Å². The minimum atomic E-state index is -0.111. The average Bonchev–Trinajstić information content (AvgIpc) is 2.81. The Kier molecular flexibility index (Phi) is 3.40. The number of rotatable bonds is 3. The molecule has 1 N–H and O–H groups in total. The summed E-state index contributed by atoms with van der Waals surface area (Å²) in [7, 11) is 0. The van der Waals surface area contributed by atoms with Crippen molar-refractivity contribution in [2.75, 3.05) is 0 Å². The van der Waals surface area contributed by atoms with Crippen LogP contribution in [0.4, 0.5) is 0 Å². The minimum absolute atomic E-state index is 0.0232. The van der Waals surface area contributed by atoms with E-state index in [4.69, 9.17) is 4.74 Å². The fourth-order valence-electron chi connectivity index (χ4n) is 2.80. The molecule has 2 fully saturated rings. The van der Waals surface area contributed by atoms with Gasteiger partial charge in [0.15, 0.2) is 0 Å². The van der Waals surface area contributed by atoms with E-state index in [-0.39, 0.29) is 35.9 Å². The van der Waals surface area contributed by atoms with Gasteiger partial charge in [-0.25, -0.2) is 0 Å². The van der Waals surface area contributed by atoms with Crippen LogP contribution in [0.3, 0.4) is 0 Å². The van der Waals surface area contributed by atoms with Gasteiger partial charge in [0.1, 0.15) is 6.10 Å². The van der Waals surface area contributed by atoms with Crippen LogP contribution in [0, 0.1) is 17.8 Å². The summed E-state index contributed by atoms with van der Waals surface area (Å²) in [4.78, 5) is 23.3. The van der Waals surface area contributed by atoms with Gasteiger partial charge in [0.05, 0.1) is 12.0 Å². The summed E-state index contributed by atoms with van der Waals surface area (Å²) in [5.74, 6) is 0.453. The van der Waals surface area contributed by atoms with E-state index in [2.05, 4.69) is 19.2 Å². The van der Waals surface area contributed by atoms with Crippen LogP contribution >= 0.6 is 0 Å². The summed E-state index contributed by atoms with van der Waals surface area (Å²) in [6.45, 7) is 6.11. The Morgan fingerprint density at radius 2 is 2.06 bits per heavy atom. The van der Waals surface area contributed by atoms with Crippen LogP contribution in [-0.2, 0) is 14.3 Å². The van der Waals surface area contributed by atoms with Crippen molar-refractivity contribution in [3.63, 3.8) is 0 Å². The highest BCUT2D eigenvalue weighted by Crippen LogP contribution is 2.32. The average molecular weight is 239 g/mol. The third-order valence-electron chi connectivity index (χ3n) is 4.04. The molecule has 4 heteroatoms. The standard InChI is InChI=1S/C13H21NO3/c1-4-8-5-11(17-13(8)16)10-6-9(7(2)3)12(15)14-10/h7-11H,4-6H2,1-3H3,(H,14,15)/t8-,9+,10+,11+/m1/s1. The number of hydrogen-bond donors (Lipinski definition) is 1. The summed E-state index contributed by atoms with van der Waals surface area (Å²) < 4.78 is 5.37. The summed E-state index contributed by atoms with van der Waals surface area (Å²) in [6, 6.07) is 0.0235. The number of cyclic esters (lactones) is 1. The molecular formula is C13H21NO3. The molecule has 2 aliphatic rings. The topological polar surface area (TPSA) is 55.4 Å². The zero-order valence-electron chi connectivity index (χ0n) is 10.7. The summed E-state index contributed by atoms with van der Waals surface area (Å²) in [6.07, 6.45) is 2.26. The van der Waals surface area contributed by atoms with Gasteiger partial charge in [0, 0.05) is 5.92 Å². The van der Waals surface area contributed by atoms with Gasteiger partial charge in [-0.15, -0.1) is 0 Å². The summed E-state index contributed by atoms with van der Waals surface area (Å²) in [5, 5.41) is 2.98. The molecule has 0 aromatic heterocycles. The molecule has 96 valence electrons. The monoisotopic (exact) mass is 239 g/mol. The van der Waals surface area contributed by atoms with E-state index in [1.54, 1.807) is 0 Å². The Bertz CT molecular complexity index is 327. The van der Waals surface area contributed by atoms with Crippen LogP contribution in [0.1, 0.15) is 40.0 Å². The van der Waals surface area contributed by atoms with Crippen molar-refractivity contribution in [2.45, 2.75) is 52.2 Å². The van der Waals surface area contributed by atoms with Crippen molar-refractivity contribution in [1.29, 1.82) is 0 Å². The van der Waals surface area contributed by atoms with Crippen molar-refractivity contribution in [2.24, 2.45) is 17.8 Å². The highest BCUT2D eigenvalue weighted by molar-refractivity contribution is 5.82. The second-order valence-electron chi connectivity index (χ2n) is 5.52. The maximum Gasteiger partial charge on any atom is 0.309 e. The molecule has 2 aliphatic heterocycles. The van der Waals surface area contributed by atoms with Crippen LogP contribution in [0.5, 0.6) is 0 Å². The maximum absolute atomic E-state index is 11.8. The number of amides is 1. The largest absolute Gasteiger partial charge is 0.460 e. The van der Waals surface area contributed by atoms with E-state index in [1.807, 2.05) is 6.92 Å². The predicted octanol–water partition coefficient (Wildman–Crippen LogP) is 1.49. The molecule has 0 aliphatic carbocycles. The molecule has 2 rings (SSSR count). The molecule has 0 spiro atoms. The number of esters is 1. The van der Waals surface area contributed by atoms with Crippen LogP contribution in [0.2, 0.25) is 0 Å². The van der Waals surface area contributed by atoms with Crippen LogP contribution < -0.4 is 5.32 Å². The molecule has 0 saturated carbocycles. The first-order valence-corrected chi connectivity index (χ1v) is 6.53. The lowest BCUT2D eigenvalue weighted by Gasteiger charge is -2.17. The molecule has 0 aromatic carbocycles. The number of nitrogens with one attached hydrogen (secondary N) is 1. The normalized spacial score (nSPS) is 37.4. The highest BCUT2D eigenvalue weighted by Gasteiger charge is 2.44. The maximum atomic E-state index is 11.8. The number of ether oxygens (including phenoxy) is 1. The Morgan fingerprint density at radius 1 is 1.35 bits per heavy atom. The second-order valence-corrected chi connectivity index (χ2v) is 5.52. The molecule has 1 amide bonds. The Balaban J connectivity index is 1.98. The summed E-state index contributed by atoms with van der Waals surface area (Å²) >= 11 is 0. The third kappa shape index (κ3) is 2.31. The molecule has 2 saturated heterocycles. The van der Waals surface area contributed by atoms with Gasteiger partial charge in [-0.3, -0.25) is 9.59 Å². The molecule has 2 heterocycles. The van der Waals surface area contributed by atoms with E-state index in [1.165, 1.54) is 0 Å².